The van der Waals surface area contributed by atoms with Gasteiger partial charge in [0.15, 0.2) is 0 Å². The number of anilines is 1. The van der Waals surface area contributed by atoms with Crippen molar-refractivity contribution in [2.75, 3.05) is 11.9 Å². The monoisotopic (exact) mass is 364 g/mol. The molecule has 0 radical (unpaired) electrons. The van der Waals surface area contributed by atoms with Gasteiger partial charge in [-0.15, -0.1) is 0 Å². The highest BCUT2D eigenvalue weighted by Gasteiger charge is 2.45. The Labute approximate surface area is 161 Å². The predicted molar refractivity (Wildman–Crippen MR) is 110 cm³/mol. The van der Waals surface area contributed by atoms with Crippen LogP contribution in [0.5, 0.6) is 5.75 Å². The van der Waals surface area contributed by atoms with Gasteiger partial charge in [-0.2, -0.15) is 0 Å². The Morgan fingerprint density at radius 3 is 2.44 bits per heavy atom. The topological polar surface area (TPSA) is 41.6 Å². The lowest BCUT2D eigenvalue weighted by Gasteiger charge is -2.50. The fourth-order valence-electron chi connectivity index (χ4n) is 3.75. The number of rotatable bonds is 6. The number of hydrogen-bond donors (Lipinski definition) is 1. The molecule has 27 heavy (non-hydrogen) atoms. The summed E-state index contributed by atoms with van der Waals surface area (Å²) in [5.41, 5.74) is 3.03. The molecule has 0 spiro atoms. The second-order valence-corrected chi connectivity index (χ2v) is 7.42. The van der Waals surface area contributed by atoms with Crippen LogP contribution in [0.3, 0.4) is 0 Å². The zero-order valence-electron chi connectivity index (χ0n) is 16.6. The molecular weight excluding hydrogens is 336 g/mol. The Morgan fingerprint density at radius 1 is 1.19 bits per heavy atom. The molecule has 142 valence electrons. The highest BCUT2D eigenvalue weighted by Crippen LogP contribution is 2.41. The number of amides is 1. The van der Waals surface area contributed by atoms with Crippen molar-refractivity contribution in [1.29, 1.82) is 0 Å². The van der Waals surface area contributed by atoms with Crippen LogP contribution >= 0.6 is 0 Å². The molecule has 1 unspecified atom stereocenters. The van der Waals surface area contributed by atoms with E-state index in [2.05, 4.69) is 32.7 Å². The normalized spacial score (nSPS) is 18.9. The third-order valence-corrected chi connectivity index (χ3v) is 4.97. The van der Waals surface area contributed by atoms with Crippen molar-refractivity contribution >= 4 is 11.6 Å². The average molecular weight is 364 g/mol. The smallest absolute Gasteiger partial charge is 0.258 e. The SMILES string of the molecule is C=C(C)COc1ccc(C2(CC)Nc3ccccc3C(=O)N2C(C)C)cc1. The van der Waals surface area contributed by atoms with E-state index in [1.54, 1.807) is 0 Å². The molecule has 0 bridgehead atoms. The van der Waals surface area contributed by atoms with Crippen molar-refractivity contribution in [3.63, 3.8) is 0 Å². The number of nitrogens with one attached hydrogen (secondary N) is 1. The standard InChI is InChI=1S/C23H28N2O2/c1-6-23(18-11-13-19(14-12-18)27-15-16(2)3)24-21-10-8-7-9-20(21)22(26)25(23)17(4)5/h7-14,17,24H,2,6,15H2,1,3-5H3. The number of ether oxygens (including phenoxy) is 1. The molecule has 0 fully saturated rings. The van der Waals surface area contributed by atoms with Crippen molar-refractivity contribution in [3.8, 4) is 5.75 Å². The summed E-state index contributed by atoms with van der Waals surface area (Å²) in [4.78, 5) is 15.3. The van der Waals surface area contributed by atoms with Gasteiger partial charge in [-0.05, 0) is 62.6 Å². The van der Waals surface area contributed by atoms with Gasteiger partial charge in [-0.3, -0.25) is 4.79 Å². The predicted octanol–water partition coefficient (Wildman–Crippen LogP) is 5.18. The molecule has 1 atom stereocenters. The summed E-state index contributed by atoms with van der Waals surface area (Å²) in [5, 5.41) is 3.66. The van der Waals surface area contributed by atoms with Crippen LogP contribution in [0.1, 0.15) is 50.0 Å². The summed E-state index contributed by atoms with van der Waals surface area (Å²) in [6.45, 7) is 12.5. The van der Waals surface area contributed by atoms with Gasteiger partial charge in [0.1, 0.15) is 18.0 Å². The molecule has 1 heterocycles. The fraction of sp³-hybridized carbons (Fsp3) is 0.348. The number of carbonyl (C=O) groups excluding carboxylic acids is 1. The van der Waals surface area contributed by atoms with E-state index < -0.39 is 5.66 Å². The number of carbonyl (C=O) groups is 1. The number of hydrogen-bond acceptors (Lipinski definition) is 3. The number of para-hydroxylation sites is 1. The van der Waals surface area contributed by atoms with Crippen LogP contribution in [0.2, 0.25) is 0 Å². The van der Waals surface area contributed by atoms with Crippen molar-refractivity contribution in [2.45, 2.75) is 45.8 Å². The molecule has 4 nitrogen and oxygen atoms in total. The Balaban J connectivity index is 2.03. The zero-order chi connectivity index (χ0) is 19.6. The Hall–Kier alpha value is -2.75. The zero-order valence-corrected chi connectivity index (χ0v) is 16.6. The Bertz CT molecular complexity index is 842. The van der Waals surface area contributed by atoms with Crippen molar-refractivity contribution in [1.82, 2.24) is 4.90 Å². The van der Waals surface area contributed by atoms with Gasteiger partial charge in [-0.25, -0.2) is 0 Å². The van der Waals surface area contributed by atoms with Crippen LogP contribution in [-0.4, -0.2) is 23.5 Å². The maximum Gasteiger partial charge on any atom is 0.258 e. The third kappa shape index (κ3) is 3.44. The quantitative estimate of drug-likeness (QED) is 0.718. The minimum atomic E-state index is -0.591. The van der Waals surface area contributed by atoms with Gasteiger partial charge < -0.3 is 15.0 Å². The van der Waals surface area contributed by atoms with Gasteiger partial charge in [0.2, 0.25) is 0 Å². The van der Waals surface area contributed by atoms with Gasteiger partial charge in [-0.1, -0.05) is 37.8 Å². The van der Waals surface area contributed by atoms with Gasteiger partial charge in [0, 0.05) is 11.7 Å². The number of fused-ring (bicyclic) bond motifs is 1. The number of benzene rings is 2. The van der Waals surface area contributed by atoms with Crippen LogP contribution in [0.25, 0.3) is 0 Å². The molecule has 1 amide bonds. The first kappa shape index (κ1) is 19.0. The lowest BCUT2D eigenvalue weighted by molar-refractivity contribution is 0.0371. The molecule has 4 heteroatoms. The van der Waals surface area contributed by atoms with Gasteiger partial charge >= 0.3 is 0 Å². The maximum atomic E-state index is 13.3. The van der Waals surface area contributed by atoms with E-state index in [-0.39, 0.29) is 11.9 Å². The van der Waals surface area contributed by atoms with E-state index in [1.165, 1.54) is 0 Å². The highest BCUT2D eigenvalue weighted by atomic mass is 16.5. The first-order valence-electron chi connectivity index (χ1n) is 9.47. The summed E-state index contributed by atoms with van der Waals surface area (Å²) >= 11 is 0. The van der Waals surface area contributed by atoms with Gasteiger partial charge in [0.25, 0.3) is 5.91 Å². The van der Waals surface area contributed by atoms with Crippen molar-refractivity contribution < 1.29 is 9.53 Å². The minimum Gasteiger partial charge on any atom is -0.489 e. The summed E-state index contributed by atoms with van der Waals surface area (Å²) in [6, 6.07) is 15.8. The van der Waals surface area contributed by atoms with E-state index in [0.717, 1.165) is 34.6 Å². The lowest BCUT2D eigenvalue weighted by atomic mass is 9.88. The summed E-state index contributed by atoms with van der Waals surface area (Å²) in [6.07, 6.45) is 0.747. The maximum absolute atomic E-state index is 13.3. The molecule has 0 saturated heterocycles. The second-order valence-electron chi connectivity index (χ2n) is 7.42. The van der Waals surface area contributed by atoms with Crippen LogP contribution in [0.4, 0.5) is 5.69 Å². The van der Waals surface area contributed by atoms with Crippen LogP contribution in [-0.2, 0) is 5.66 Å². The highest BCUT2D eigenvalue weighted by molar-refractivity contribution is 6.02. The Morgan fingerprint density at radius 2 is 1.85 bits per heavy atom. The summed E-state index contributed by atoms with van der Waals surface area (Å²) in [5.74, 6) is 0.857. The molecule has 0 aliphatic carbocycles. The summed E-state index contributed by atoms with van der Waals surface area (Å²) in [7, 11) is 0. The molecule has 3 rings (SSSR count). The Kier molecular flexibility index (Phi) is 5.26. The van der Waals surface area contributed by atoms with Gasteiger partial charge in [0.05, 0.1) is 5.56 Å². The average Bonchev–Trinajstić information content (AvgIpc) is 2.66. The molecule has 2 aromatic rings. The molecule has 1 aliphatic rings. The third-order valence-electron chi connectivity index (χ3n) is 4.97. The molecule has 2 aromatic carbocycles. The van der Waals surface area contributed by atoms with Crippen LogP contribution in [0.15, 0.2) is 60.7 Å². The molecule has 0 aromatic heterocycles. The number of nitrogens with zero attached hydrogens (tertiary/aromatic N) is 1. The molecule has 1 aliphatic heterocycles. The first-order chi connectivity index (χ1) is 12.9. The lowest BCUT2D eigenvalue weighted by Crippen LogP contribution is -2.59. The largest absolute Gasteiger partial charge is 0.489 e. The van der Waals surface area contributed by atoms with Crippen molar-refractivity contribution in [3.05, 3.63) is 71.8 Å². The first-order valence-corrected chi connectivity index (χ1v) is 9.47. The van der Waals surface area contributed by atoms with E-state index in [0.29, 0.717) is 6.61 Å². The van der Waals surface area contributed by atoms with E-state index in [4.69, 9.17) is 4.74 Å². The second kappa shape index (κ2) is 7.47. The fourth-order valence-corrected chi connectivity index (χ4v) is 3.75. The van der Waals surface area contributed by atoms with E-state index in [9.17, 15) is 4.79 Å². The summed E-state index contributed by atoms with van der Waals surface area (Å²) < 4.78 is 5.73. The van der Waals surface area contributed by atoms with Crippen LogP contribution < -0.4 is 10.1 Å². The van der Waals surface area contributed by atoms with Crippen LogP contribution in [0, 0.1) is 0 Å². The van der Waals surface area contributed by atoms with E-state index >= 15 is 0 Å². The van der Waals surface area contributed by atoms with Crippen molar-refractivity contribution in [2.24, 2.45) is 0 Å². The van der Waals surface area contributed by atoms with E-state index in [1.807, 2.05) is 60.4 Å². The minimum absolute atomic E-state index is 0.0534. The molecular formula is C23H28N2O2. The molecule has 0 saturated carbocycles. The molecule has 1 N–H and O–H groups in total.